The topological polar surface area (TPSA) is 48.4 Å². The van der Waals surface area contributed by atoms with Gasteiger partial charge >= 0.3 is 5.97 Å². The molecule has 0 N–H and O–H groups in total. The fourth-order valence-corrected chi connectivity index (χ4v) is 2.96. The van der Waals surface area contributed by atoms with Crippen LogP contribution in [-0.4, -0.2) is 17.6 Å². The van der Waals surface area contributed by atoms with E-state index >= 15 is 0 Å². The molecule has 4 nitrogen and oxygen atoms in total. The second-order valence-corrected chi connectivity index (χ2v) is 6.01. The number of rotatable bonds is 7. The van der Waals surface area contributed by atoms with Gasteiger partial charge in [0.1, 0.15) is 22.2 Å². The van der Waals surface area contributed by atoms with Crippen LogP contribution >= 0.6 is 11.3 Å². The average Bonchev–Trinajstić information content (AvgIpc) is 2.88. The normalized spacial score (nSPS) is 10.5. The third-order valence-electron chi connectivity index (χ3n) is 3.13. The largest absolute Gasteiger partial charge is 0.486 e. The maximum atomic E-state index is 11.8. The number of thiazole rings is 1. The van der Waals surface area contributed by atoms with E-state index in [1.807, 2.05) is 19.1 Å². The van der Waals surface area contributed by atoms with E-state index in [9.17, 15) is 4.79 Å². The number of hydrogen-bond donors (Lipinski definition) is 0. The zero-order valence-corrected chi connectivity index (χ0v) is 14.0. The molecule has 0 aliphatic heterocycles. The van der Waals surface area contributed by atoms with Crippen molar-refractivity contribution in [3.63, 3.8) is 0 Å². The van der Waals surface area contributed by atoms with Crippen molar-refractivity contribution in [2.45, 2.75) is 40.2 Å². The van der Waals surface area contributed by atoms with Crippen molar-refractivity contribution in [2.24, 2.45) is 0 Å². The highest BCUT2D eigenvalue weighted by molar-refractivity contribution is 7.13. The van der Waals surface area contributed by atoms with E-state index < -0.39 is 0 Å². The Balaban J connectivity index is 1.96. The van der Waals surface area contributed by atoms with Crippen LogP contribution in [0, 0.1) is 6.92 Å². The number of carbonyl (C=O) groups excluding carboxylic acids is 1. The molecule has 0 atom stereocenters. The Bertz CT molecular complexity index is 619. The summed E-state index contributed by atoms with van der Waals surface area (Å²) in [5.41, 5.74) is 2.00. The highest BCUT2D eigenvalue weighted by atomic mass is 32.1. The second kappa shape index (κ2) is 7.94. The quantitative estimate of drug-likeness (QED) is 0.719. The Hall–Kier alpha value is -1.88. The van der Waals surface area contributed by atoms with Crippen molar-refractivity contribution in [2.75, 3.05) is 6.61 Å². The molecule has 0 saturated carbocycles. The number of hydrogen-bond acceptors (Lipinski definition) is 5. The summed E-state index contributed by atoms with van der Waals surface area (Å²) in [4.78, 5) is 16.7. The standard InChI is InChI=1S/C17H21NO3S/c1-4-6-13-7-9-14(10-8-13)21-11-15-18-12(3)16(22-15)17(19)20-5-2/h7-10H,4-6,11H2,1-3H3. The molecule has 0 unspecified atom stereocenters. The molecular weight excluding hydrogens is 298 g/mol. The molecule has 2 rings (SSSR count). The van der Waals surface area contributed by atoms with Crippen LogP contribution in [-0.2, 0) is 17.8 Å². The van der Waals surface area contributed by atoms with Crippen LogP contribution in [0.5, 0.6) is 5.75 Å². The molecule has 0 spiro atoms. The smallest absolute Gasteiger partial charge is 0.350 e. The number of benzene rings is 1. The maximum absolute atomic E-state index is 11.8. The number of aryl methyl sites for hydroxylation is 2. The highest BCUT2D eigenvalue weighted by Gasteiger charge is 2.16. The van der Waals surface area contributed by atoms with Crippen molar-refractivity contribution in [1.82, 2.24) is 4.98 Å². The first-order valence-electron chi connectivity index (χ1n) is 7.49. The van der Waals surface area contributed by atoms with Crippen molar-refractivity contribution >= 4 is 17.3 Å². The van der Waals surface area contributed by atoms with Crippen molar-refractivity contribution in [3.05, 3.63) is 45.4 Å². The third-order valence-corrected chi connectivity index (χ3v) is 4.24. The summed E-state index contributed by atoms with van der Waals surface area (Å²) in [5.74, 6) is 0.498. The zero-order valence-electron chi connectivity index (χ0n) is 13.2. The minimum Gasteiger partial charge on any atom is -0.486 e. The van der Waals surface area contributed by atoms with Gasteiger partial charge in [-0.3, -0.25) is 0 Å². The summed E-state index contributed by atoms with van der Waals surface area (Å²) in [6.07, 6.45) is 2.21. The molecule has 0 amide bonds. The Kier molecular flexibility index (Phi) is 5.95. The Labute approximate surface area is 135 Å². The van der Waals surface area contributed by atoms with Crippen LogP contribution in [0.1, 0.15) is 46.2 Å². The Morgan fingerprint density at radius 3 is 2.59 bits per heavy atom. The molecule has 0 fully saturated rings. The molecule has 2 aromatic rings. The van der Waals surface area contributed by atoms with E-state index in [-0.39, 0.29) is 5.97 Å². The lowest BCUT2D eigenvalue weighted by molar-refractivity contribution is 0.0531. The van der Waals surface area contributed by atoms with Gasteiger partial charge in [-0.2, -0.15) is 0 Å². The van der Waals surface area contributed by atoms with Gasteiger partial charge in [0.15, 0.2) is 0 Å². The first-order chi connectivity index (χ1) is 10.6. The SMILES string of the molecule is CCCc1ccc(OCc2nc(C)c(C(=O)OCC)s2)cc1. The molecule has 0 saturated heterocycles. The Morgan fingerprint density at radius 1 is 1.23 bits per heavy atom. The molecule has 0 aliphatic rings. The molecule has 0 radical (unpaired) electrons. The van der Waals surface area contributed by atoms with Gasteiger partial charge in [0.2, 0.25) is 0 Å². The fourth-order valence-electron chi connectivity index (χ4n) is 2.09. The van der Waals surface area contributed by atoms with Gasteiger partial charge in [0.25, 0.3) is 0 Å². The van der Waals surface area contributed by atoms with Gasteiger partial charge in [-0.15, -0.1) is 11.3 Å². The van der Waals surface area contributed by atoms with Gasteiger partial charge in [-0.25, -0.2) is 9.78 Å². The lowest BCUT2D eigenvalue weighted by atomic mass is 10.1. The van der Waals surface area contributed by atoms with E-state index in [2.05, 4.69) is 24.0 Å². The van der Waals surface area contributed by atoms with E-state index in [1.54, 1.807) is 6.92 Å². The van der Waals surface area contributed by atoms with Crippen LogP contribution in [0.4, 0.5) is 0 Å². The molecule has 22 heavy (non-hydrogen) atoms. The van der Waals surface area contributed by atoms with Crippen LogP contribution in [0.15, 0.2) is 24.3 Å². The maximum Gasteiger partial charge on any atom is 0.350 e. The molecule has 5 heteroatoms. The van der Waals surface area contributed by atoms with Gasteiger partial charge in [-0.05, 0) is 38.0 Å². The van der Waals surface area contributed by atoms with E-state index in [0.29, 0.717) is 23.8 Å². The van der Waals surface area contributed by atoms with Gasteiger partial charge in [0.05, 0.1) is 12.3 Å². The van der Waals surface area contributed by atoms with Gasteiger partial charge in [0, 0.05) is 0 Å². The summed E-state index contributed by atoms with van der Waals surface area (Å²) in [6.45, 7) is 6.49. The predicted octanol–water partition coefficient (Wildman–Crippen LogP) is 4.16. The van der Waals surface area contributed by atoms with Crippen LogP contribution in [0.3, 0.4) is 0 Å². The number of ether oxygens (including phenoxy) is 2. The summed E-state index contributed by atoms with van der Waals surface area (Å²) in [6, 6.07) is 8.10. The molecule has 118 valence electrons. The third kappa shape index (κ3) is 4.31. The van der Waals surface area contributed by atoms with Crippen LogP contribution in [0.2, 0.25) is 0 Å². The average molecular weight is 319 g/mol. The summed E-state index contributed by atoms with van der Waals surface area (Å²) in [7, 11) is 0. The first kappa shape index (κ1) is 16.5. The summed E-state index contributed by atoms with van der Waals surface area (Å²) in [5, 5.41) is 0.776. The highest BCUT2D eigenvalue weighted by Crippen LogP contribution is 2.21. The van der Waals surface area contributed by atoms with Gasteiger partial charge < -0.3 is 9.47 Å². The minimum absolute atomic E-state index is 0.312. The molecule has 0 bridgehead atoms. The van der Waals surface area contributed by atoms with Crippen molar-refractivity contribution in [3.8, 4) is 5.75 Å². The lowest BCUT2D eigenvalue weighted by Gasteiger charge is -2.05. The molecule has 0 aliphatic carbocycles. The monoisotopic (exact) mass is 319 g/mol. The van der Waals surface area contributed by atoms with E-state index in [4.69, 9.17) is 9.47 Å². The van der Waals surface area contributed by atoms with Crippen LogP contribution in [0.25, 0.3) is 0 Å². The molecular formula is C17H21NO3S. The number of aromatic nitrogens is 1. The fraction of sp³-hybridized carbons (Fsp3) is 0.412. The Morgan fingerprint density at radius 2 is 1.95 bits per heavy atom. The van der Waals surface area contributed by atoms with E-state index in [0.717, 1.165) is 23.6 Å². The number of nitrogens with zero attached hydrogens (tertiary/aromatic N) is 1. The van der Waals surface area contributed by atoms with E-state index in [1.165, 1.54) is 16.9 Å². The van der Waals surface area contributed by atoms with Crippen LogP contribution < -0.4 is 4.74 Å². The number of esters is 1. The van der Waals surface area contributed by atoms with Crippen molar-refractivity contribution < 1.29 is 14.3 Å². The summed E-state index contributed by atoms with van der Waals surface area (Å²) < 4.78 is 10.7. The second-order valence-electron chi connectivity index (χ2n) is 4.93. The molecule has 1 heterocycles. The molecule has 1 aromatic carbocycles. The number of carbonyl (C=O) groups is 1. The van der Waals surface area contributed by atoms with Gasteiger partial charge in [-0.1, -0.05) is 25.5 Å². The minimum atomic E-state index is -0.312. The summed E-state index contributed by atoms with van der Waals surface area (Å²) >= 11 is 1.33. The first-order valence-corrected chi connectivity index (χ1v) is 8.30. The zero-order chi connectivity index (χ0) is 15.9. The molecule has 1 aromatic heterocycles. The van der Waals surface area contributed by atoms with Crippen molar-refractivity contribution in [1.29, 1.82) is 0 Å². The lowest BCUT2D eigenvalue weighted by Crippen LogP contribution is -2.03. The predicted molar refractivity (Wildman–Crippen MR) is 87.6 cm³/mol.